The van der Waals surface area contributed by atoms with Gasteiger partial charge in [0.25, 0.3) is 0 Å². The molecule has 2 heteroatoms. The monoisotopic (exact) mass is 198 g/mol. The first-order valence-electron chi connectivity index (χ1n) is 5.19. The van der Waals surface area contributed by atoms with E-state index in [-0.39, 0.29) is 11.9 Å². The second-order valence-corrected chi connectivity index (χ2v) is 4.19. The largest absolute Gasteiger partial charge is 0.377 e. The first-order valence-corrected chi connectivity index (χ1v) is 5.19. The van der Waals surface area contributed by atoms with Crippen LogP contribution in [0.15, 0.2) is 11.6 Å². The van der Waals surface area contributed by atoms with Crippen molar-refractivity contribution in [1.29, 1.82) is 0 Å². The van der Waals surface area contributed by atoms with Gasteiger partial charge in [-0.25, -0.2) is 0 Å². The Morgan fingerprint density at radius 3 is 2.21 bits per heavy atom. The Labute approximate surface area is 87.3 Å². The van der Waals surface area contributed by atoms with E-state index in [1.165, 1.54) is 0 Å². The molecule has 14 heavy (non-hydrogen) atoms. The van der Waals surface area contributed by atoms with Crippen LogP contribution in [0.25, 0.3) is 0 Å². The van der Waals surface area contributed by atoms with Gasteiger partial charge in [-0.15, -0.1) is 0 Å². The van der Waals surface area contributed by atoms with Gasteiger partial charge in [0, 0.05) is 7.11 Å². The average molecular weight is 198 g/mol. The number of allylic oxidation sites excluding steroid dienone is 1. The van der Waals surface area contributed by atoms with Crippen LogP contribution in [0, 0.1) is 5.92 Å². The van der Waals surface area contributed by atoms with Crippen molar-refractivity contribution in [3.63, 3.8) is 0 Å². The summed E-state index contributed by atoms with van der Waals surface area (Å²) in [6.45, 7) is 7.90. The molecule has 0 aliphatic rings. The quantitative estimate of drug-likeness (QED) is 0.613. The maximum absolute atomic E-state index is 10.9. The Morgan fingerprint density at radius 2 is 1.86 bits per heavy atom. The highest BCUT2D eigenvalue weighted by molar-refractivity contribution is 5.87. The maximum Gasteiger partial charge on any atom is 0.152 e. The van der Waals surface area contributed by atoms with E-state index in [4.69, 9.17) is 4.74 Å². The number of carbonyl (C=O) groups is 1. The highest BCUT2D eigenvalue weighted by atomic mass is 16.5. The molecule has 2 nitrogen and oxygen atoms in total. The number of rotatable bonds is 6. The minimum atomic E-state index is 0.0918. The van der Waals surface area contributed by atoms with E-state index < -0.39 is 0 Å². The summed E-state index contributed by atoms with van der Waals surface area (Å²) in [5, 5.41) is 0. The number of ketones is 1. The smallest absolute Gasteiger partial charge is 0.152 e. The Balaban J connectivity index is 4.19. The van der Waals surface area contributed by atoms with E-state index in [1.54, 1.807) is 20.1 Å². The minimum absolute atomic E-state index is 0.0918. The van der Waals surface area contributed by atoms with Crippen molar-refractivity contribution in [2.75, 3.05) is 7.11 Å². The topological polar surface area (TPSA) is 26.3 Å². The summed E-state index contributed by atoms with van der Waals surface area (Å²) in [6, 6.07) is 0. The first-order chi connectivity index (χ1) is 6.47. The molecule has 0 bridgehead atoms. The third kappa shape index (κ3) is 5.92. The molecule has 0 N–H and O–H groups in total. The number of ether oxygens (including phenoxy) is 1. The van der Waals surface area contributed by atoms with Crippen LogP contribution in [0.2, 0.25) is 0 Å². The van der Waals surface area contributed by atoms with Crippen LogP contribution in [0.1, 0.15) is 40.5 Å². The van der Waals surface area contributed by atoms with E-state index in [1.807, 2.05) is 6.92 Å². The van der Waals surface area contributed by atoms with Crippen molar-refractivity contribution in [3.8, 4) is 0 Å². The molecule has 0 saturated heterocycles. The van der Waals surface area contributed by atoms with E-state index in [9.17, 15) is 4.79 Å². The third-order valence-corrected chi connectivity index (χ3v) is 2.23. The lowest BCUT2D eigenvalue weighted by atomic mass is 10.00. The fourth-order valence-electron chi connectivity index (χ4n) is 1.43. The highest BCUT2D eigenvalue weighted by Crippen LogP contribution is 2.15. The lowest BCUT2D eigenvalue weighted by molar-refractivity contribution is -0.112. The summed E-state index contributed by atoms with van der Waals surface area (Å²) in [5.41, 5.74) is 1.03. The molecule has 0 aromatic carbocycles. The summed E-state index contributed by atoms with van der Waals surface area (Å²) in [5.74, 6) is 0.770. The van der Waals surface area contributed by atoms with Crippen LogP contribution in [0.5, 0.6) is 0 Å². The van der Waals surface area contributed by atoms with E-state index in [2.05, 4.69) is 13.8 Å². The van der Waals surface area contributed by atoms with E-state index >= 15 is 0 Å². The third-order valence-electron chi connectivity index (χ3n) is 2.23. The van der Waals surface area contributed by atoms with Gasteiger partial charge in [-0.2, -0.15) is 0 Å². The molecular weight excluding hydrogens is 176 g/mol. The van der Waals surface area contributed by atoms with Crippen LogP contribution in [0.3, 0.4) is 0 Å². The average Bonchev–Trinajstić information content (AvgIpc) is 2.03. The van der Waals surface area contributed by atoms with Gasteiger partial charge in [0.2, 0.25) is 0 Å². The van der Waals surface area contributed by atoms with Crippen molar-refractivity contribution < 1.29 is 9.53 Å². The second-order valence-electron chi connectivity index (χ2n) is 4.19. The van der Waals surface area contributed by atoms with Crippen LogP contribution in [-0.2, 0) is 9.53 Å². The molecule has 0 amide bonds. The molecule has 0 radical (unpaired) electrons. The van der Waals surface area contributed by atoms with E-state index in [0.717, 1.165) is 18.4 Å². The van der Waals surface area contributed by atoms with Gasteiger partial charge < -0.3 is 4.74 Å². The SMILES string of the molecule is COC(CCC(C)C)/C(C)=C/C(C)=O. The molecule has 82 valence electrons. The zero-order chi connectivity index (χ0) is 11.1. The molecule has 1 unspecified atom stereocenters. The summed E-state index contributed by atoms with van der Waals surface area (Å²) in [7, 11) is 1.70. The fourth-order valence-corrected chi connectivity index (χ4v) is 1.43. The molecule has 0 aromatic heterocycles. The van der Waals surface area contributed by atoms with Crippen molar-refractivity contribution in [3.05, 3.63) is 11.6 Å². The van der Waals surface area contributed by atoms with Crippen LogP contribution in [-0.4, -0.2) is 19.0 Å². The second kappa shape index (κ2) is 6.77. The molecule has 0 saturated carbocycles. The summed E-state index contributed by atoms with van der Waals surface area (Å²) < 4.78 is 5.34. The Bertz CT molecular complexity index is 204. The Morgan fingerprint density at radius 1 is 1.29 bits per heavy atom. The molecule has 0 heterocycles. The van der Waals surface area contributed by atoms with Gasteiger partial charge in [0.15, 0.2) is 5.78 Å². The van der Waals surface area contributed by atoms with Gasteiger partial charge in [-0.1, -0.05) is 13.8 Å². The fraction of sp³-hybridized carbons (Fsp3) is 0.750. The maximum atomic E-state index is 10.9. The first kappa shape index (κ1) is 13.4. The van der Waals surface area contributed by atoms with Crippen molar-refractivity contribution in [2.24, 2.45) is 5.92 Å². The predicted octanol–water partition coefficient (Wildman–Crippen LogP) is 2.97. The lowest BCUT2D eigenvalue weighted by Gasteiger charge is -2.16. The van der Waals surface area contributed by atoms with Gasteiger partial charge in [0.05, 0.1) is 6.10 Å². The van der Waals surface area contributed by atoms with Crippen molar-refractivity contribution in [1.82, 2.24) is 0 Å². The molecular formula is C12H22O2. The zero-order valence-electron chi connectivity index (χ0n) is 9.96. The molecule has 0 aromatic rings. The van der Waals surface area contributed by atoms with Gasteiger partial charge in [-0.3, -0.25) is 4.79 Å². The van der Waals surface area contributed by atoms with Crippen LogP contribution in [0.4, 0.5) is 0 Å². The molecule has 1 atom stereocenters. The molecule has 0 aliphatic heterocycles. The summed E-state index contributed by atoms with van der Waals surface area (Å²) >= 11 is 0. The Hall–Kier alpha value is -0.630. The van der Waals surface area contributed by atoms with Gasteiger partial charge in [0.1, 0.15) is 0 Å². The van der Waals surface area contributed by atoms with Crippen LogP contribution >= 0.6 is 0 Å². The molecule has 0 fully saturated rings. The van der Waals surface area contributed by atoms with E-state index in [0.29, 0.717) is 5.92 Å². The zero-order valence-corrected chi connectivity index (χ0v) is 9.96. The summed E-state index contributed by atoms with van der Waals surface area (Å²) in [6.07, 6.45) is 3.88. The highest BCUT2D eigenvalue weighted by Gasteiger charge is 2.10. The predicted molar refractivity (Wildman–Crippen MR) is 59.3 cm³/mol. The molecule has 0 spiro atoms. The standard InChI is InChI=1S/C12H22O2/c1-9(2)6-7-12(14-5)10(3)8-11(4)13/h8-9,12H,6-7H2,1-5H3/b10-8+. The van der Waals surface area contributed by atoms with Crippen molar-refractivity contribution in [2.45, 2.75) is 46.6 Å². The normalized spacial score (nSPS) is 14.6. The molecule has 0 aliphatic carbocycles. The number of hydrogen-bond acceptors (Lipinski definition) is 2. The number of methoxy groups -OCH3 is 1. The number of hydrogen-bond donors (Lipinski definition) is 0. The Kier molecular flexibility index (Phi) is 6.46. The molecule has 0 rings (SSSR count). The minimum Gasteiger partial charge on any atom is -0.377 e. The van der Waals surface area contributed by atoms with Gasteiger partial charge >= 0.3 is 0 Å². The lowest BCUT2D eigenvalue weighted by Crippen LogP contribution is -2.14. The van der Waals surface area contributed by atoms with Crippen LogP contribution < -0.4 is 0 Å². The van der Waals surface area contributed by atoms with Gasteiger partial charge in [-0.05, 0) is 44.3 Å². The van der Waals surface area contributed by atoms with Crippen molar-refractivity contribution >= 4 is 5.78 Å². The number of carbonyl (C=O) groups excluding carboxylic acids is 1. The summed E-state index contributed by atoms with van der Waals surface area (Å²) in [4.78, 5) is 10.9.